The van der Waals surface area contributed by atoms with Gasteiger partial charge in [-0.1, -0.05) is 30.3 Å². The molecule has 0 atom stereocenters. The van der Waals surface area contributed by atoms with Gasteiger partial charge < -0.3 is 20.3 Å². The van der Waals surface area contributed by atoms with Crippen LogP contribution >= 0.6 is 24.0 Å². The van der Waals surface area contributed by atoms with Crippen LogP contribution in [0.5, 0.6) is 5.75 Å². The number of hydrogen-bond acceptors (Lipinski definition) is 5. The van der Waals surface area contributed by atoms with E-state index in [1.54, 1.807) is 33.3 Å². The van der Waals surface area contributed by atoms with Gasteiger partial charge in [-0.05, 0) is 35.7 Å². The molecular formula is C21H30IN5O4S. The minimum absolute atomic E-state index is 0. The lowest BCUT2D eigenvalue weighted by Crippen LogP contribution is -2.43. The molecule has 0 spiro atoms. The van der Waals surface area contributed by atoms with Crippen molar-refractivity contribution in [3.8, 4) is 5.75 Å². The third kappa shape index (κ3) is 9.01. The number of benzene rings is 2. The molecule has 2 aromatic carbocycles. The zero-order valence-corrected chi connectivity index (χ0v) is 21.5. The highest BCUT2D eigenvalue weighted by molar-refractivity contribution is 14.0. The van der Waals surface area contributed by atoms with E-state index in [0.29, 0.717) is 25.5 Å². The van der Waals surface area contributed by atoms with Crippen molar-refractivity contribution in [3.05, 3.63) is 59.7 Å². The van der Waals surface area contributed by atoms with Crippen LogP contribution in [0.25, 0.3) is 0 Å². The lowest BCUT2D eigenvalue weighted by molar-refractivity contribution is -0.127. The smallest absolute Gasteiger partial charge is 0.241 e. The van der Waals surface area contributed by atoms with Gasteiger partial charge in [-0.2, -0.15) is 0 Å². The van der Waals surface area contributed by atoms with Gasteiger partial charge in [0.15, 0.2) is 5.96 Å². The summed E-state index contributed by atoms with van der Waals surface area (Å²) in [6.45, 7) is 0.968. The first-order valence-corrected chi connectivity index (χ1v) is 11.2. The Bertz CT molecular complexity index is 1010. The molecule has 0 heterocycles. The number of para-hydroxylation sites is 1. The molecule has 0 bridgehead atoms. The van der Waals surface area contributed by atoms with Gasteiger partial charge in [0, 0.05) is 20.6 Å². The molecule has 0 saturated heterocycles. The number of nitrogens with two attached hydrogens (primary N) is 1. The van der Waals surface area contributed by atoms with E-state index in [9.17, 15) is 13.2 Å². The summed E-state index contributed by atoms with van der Waals surface area (Å²) in [7, 11) is 1.27. The summed E-state index contributed by atoms with van der Waals surface area (Å²) in [6.07, 6.45) is 0.704. The van der Waals surface area contributed by atoms with E-state index in [0.717, 1.165) is 16.9 Å². The summed E-state index contributed by atoms with van der Waals surface area (Å²) in [5.41, 5.74) is 1.86. The summed E-state index contributed by atoms with van der Waals surface area (Å²) in [5.74, 6) is 1.20. The second-order valence-corrected chi connectivity index (χ2v) is 8.55. The Hall–Kier alpha value is -2.38. The maximum Gasteiger partial charge on any atom is 0.241 e. The third-order valence-corrected chi connectivity index (χ3v) is 5.39. The minimum atomic E-state index is -3.73. The number of methoxy groups -OCH3 is 1. The van der Waals surface area contributed by atoms with Gasteiger partial charge in [0.1, 0.15) is 5.75 Å². The second-order valence-electron chi connectivity index (χ2n) is 6.98. The van der Waals surface area contributed by atoms with Crippen LogP contribution in [0.4, 0.5) is 0 Å². The van der Waals surface area contributed by atoms with Crippen molar-refractivity contribution in [1.29, 1.82) is 0 Å². The van der Waals surface area contributed by atoms with E-state index in [2.05, 4.69) is 15.6 Å². The molecule has 0 saturated carbocycles. The van der Waals surface area contributed by atoms with Crippen LogP contribution in [0.1, 0.15) is 11.1 Å². The number of nitrogens with one attached hydrogen (secondary N) is 2. The molecule has 0 fully saturated rings. The highest BCUT2D eigenvalue weighted by atomic mass is 127. The Morgan fingerprint density at radius 2 is 1.75 bits per heavy atom. The molecule has 4 N–H and O–H groups in total. The van der Waals surface area contributed by atoms with E-state index >= 15 is 0 Å². The summed E-state index contributed by atoms with van der Waals surface area (Å²) >= 11 is 0. The molecule has 0 aliphatic carbocycles. The number of aliphatic imine (C=N–C) groups is 1. The number of ether oxygens (including phenoxy) is 1. The largest absolute Gasteiger partial charge is 0.496 e. The number of guanidine groups is 1. The maximum absolute atomic E-state index is 11.9. The number of rotatable bonds is 9. The number of likely N-dealkylation sites (N-methyl/N-ethyl adjacent to an activating group) is 1. The molecule has 2 rings (SSSR count). The molecule has 0 aromatic heterocycles. The van der Waals surface area contributed by atoms with Crippen LogP contribution < -0.4 is 20.5 Å². The first-order chi connectivity index (χ1) is 14.7. The van der Waals surface area contributed by atoms with E-state index in [4.69, 9.17) is 9.88 Å². The Kier molecular flexibility index (Phi) is 11.4. The first-order valence-electron chi connectivity index (χ1n) is 9.66. The fraction of sp³-hybridized carbons (Fsp3) is 0.333. The van der Waals surface area contributed by atoms with Gasteiger partial charge in [-0.3, -0.25) is 4.79 Å². The lowest BCUT2D eigenvalue weighted by Gasteiger charge is -2.15. The molecule has 2 aromatic rings. The monoisotopic (exact) mass is 575 g/mol. The van der Waals surface area contributed by atoms with E-state index in [1.165, 1.54) is 17.0 Å². The van der Waals surface area contributed by atoms with Crippen molar-refractivity contribution in [1.82, 2.24) is 15.5 Å². The number of amides is 1. The number of sulfonamides is 1. The summed E-state index contributed by atoms with van der Waals surface area (Å²) in [5, 5.41) is 11.4. The lowest BCUT2D eigenvalue weighted by atomic mass is 10.1. The SMILES string of the molecule is COc1ccccc1CCNC(=NCc1ccc(S(N)(=O)=O)cc1)NCC(=O)N(C)C.I. The molecule has 1 amide bonds. The number of carbonyl (C=O) groups is 1. The molecular weight excluding hydrogens is 545 g/mol. The van der Waals surface area contributed by atoms with Gasteiger partial charge in [-0.15, -0.1) is 24.0 Å². The Morgan fingerprint density at radius 1 is 1.09 bits per heavy atom. The molecule has 176 valence electrons. The van der Waals surface area contributed by atoms with Crippen molar-refractivity contribution in [2.45, 2.75) is 17.9 Å². The zero-order chi connectivity index (χ0) is 22.9. The highest BCUT2D eigenvalue weighted by Crippen LogP contribution is 2.17. The predicted octanol–water partition coefficient (Wildman–Crippen LogP) is 1.33. The first kappa shape index (κ1) is 27.7. The van der Waals surface area contributed by atoms with Crippen LogP contribution in [-0.2, 0) is 27.8 Å². The van der Waals surface area contributed by atoms with Gasteiger partial charge >= 0.3 is 0 Å². The molecule has 0 aliphatic heterocycles. The van der Waals surface area contributed by atoms with Gasteiger partial charge in [0.25, 0.3) is 0 Å². The van der Waals surface area contributed by atoms with Crippen LogP contribution in [0, 0.1) is 0 Å². The van der Waals surface area contributed by atoms with Crippen LogP contribution in [-0.4, -0.2) is 59.5 Å². The fourth-order valence-corrected chi connectivity index (χ4v) is 3.19. The average Bonchev–Trinajstić information content (AvgIpc) is 2.74. The number of carbonyl (C=O) groups excluding carboxylic acids is 1. The second kappa shape index (κ2) is 13.2. The normalized spacial score (nSPS) is 11.3. The van der Waals surface area contributed by atoms with Crippen molar-refractivity contribution in [3.63, 3.8) is 0 Å². The van der Waals surface area contributed by atoms with Crippen LogP contribution in [0.15, 0.2) is 58.4 Å². The van der Waals surface area contributed by atoms with Crippen molar-refractivity contribution in [2.75, 3.05) is 34.3 Å². The van der Waals surface area contributed by atoms with Crippen LogP contribution in [0.2, 0.25) is 0 Å². The topological polar surface area (TPSA) is 126 Å². The molecule has 11 heteroatoms. The number of primary sulfonamides is 1. The Labute approximate surface area is 206 Å². The number of halogens is 1. The zero-order valence-electron chi connectivity index (χ0n) is 18.4. The molecule has 32 heavy (non-hydrogen) atoms. The highest BCUT2D eigenvalue weighted by Gasteiger charge is 2.09. The average molecular weight is 575 g/mol. The number of hydrogen-bond donors (Lipinski definition) is 3. The minimum Gasteiger partial charge on any atom is -0.496 e. The predicted molar refractivity (Wildman–Crippen MR) is 136 cm³/mol. The summed E-state index contributed by atoms with van der Waals surface area (Å²) in [4.78, 5) is 18.0. The van der Waals surface area contributed by atoms with Gasteiger partial charge in [-0.25, -0.2) is 18.5 Å². The number of nitrogens with zero attached hydrogens (tertiary/aromatic N) is 2. The Balaban J connectivity index is 0.00000512. The molecule has 0 radical (unpaired) electrons. The standard InChI is InChI=1S/C21H29N5O4S.HI/c1-26(2)20(27)15-25-21(23-13-12-17-6-4-5-7-19(17)30-3)24-14-16-8-10-18(11-9-16)31(22,28)29;/h4-11H,12-15H2,1-3H3,(H2,22,28,29)(H2,23,24,25);1H. The van der Waals surface area contributed by atoms with E-state index in [-0.39, 0.29) is 41.3 Å². The quantitative estimate of drug-likeness (QED) is 0.235. The third-order valence-electron chi connectivity index (χ3n) is 4.46. The summed E-state index contributed by atoms with van der Waals surface area (Å²) < 4.78 is 28.1. The van der Waals surface area contributed by atoms with E-state index in [1.807, 2.05) is 24.3 Å². The molecule has 9 nitrogen and oxygen atoms in total. The van der Waals surface area contributed by atoms with E-state index < -0.39 is 10.0 Å². The van der Waals surface area contributed by atoms with Crippen LogP contribution in [0.3, 0.4) is 0 Å². The summed E-state index contributed by atoms with van der Waals surface area (Å²) in [6, 6.07) is 14.0. The van der Waals surface area contributed by atoms with Gasteiger partial charge in [0.05, 0.1) is 25.1 Å². The molecule has 0 unspecified atom stereocenters. The maximum atomic E-state index is 11.9. The Morgan fingerprint density at radius 3 is 2.34 bits per heavy atom. The fourth-order valence-electron chi connectivity index (χ4n) is 2.67. The van der Waals surface area contributed by atoms with Crippen molar-refractivity contribution in [2.24, 2.45) is 10.1 Å². The molecule has 0 aliphatic rings. The van der Waals surface area contributed by atoms with Crippen molar-refractivity contribution < 1.29 is 17.9 Å². The van der Waals surface area contributed by atoms with Crippen molar-refractivity contribution >= 4 is 45.9 Å². The van der Waals surface area contributed by atoms with Gasteiger partial charge in [0.2, 0.25) is 15.9 Å².